The number of benzene rings is 1. The summed E-state index contributed by atoms with van der Waals surface area (Å²) in [6.45, 7) is 4.14. The molecule has 0 fully saturated rings. The summed E-state index contributed by atoms with van der Waals surface area (Å²) in [6.07, 6.45) is 0.216. The van der Waals surface area contributed by atoms with Gasteiger partial charge in [-0.15, -0.1) is 0 Å². The molecule has 3 nitrogen and oxygen atoms in total. The third kappa shape index (κ3) is 3.76. The standard InChI is InChI=1S/C13H19NO2/c1-3-12(15)13(14)10(2)16-9-11-7-5-4-6-8-11/h4-8,10,13H,3,9,14H2,1-2H3. The molecule has 0 radical (unpaired) electrons. The number of nitrogens with two attached hydrogens (primary N) is 1. The van der Waals surface area contributed by atoms with Crippen molar-refractivity contribution in [2.45, 2.75) is 39.0 Å². The van der Waals surface area contributed by atoms with E-state index in [1.807, 2.05) is 44.2 Å². The van der Waals surface area contributed by atoms with Gasteiger partial charge < -0.3 is 10.5 Å². The van der Waals surface area contributed by atoms with Crippen molar-refractivity contribution in [1.29, 1.82) is 0 Å². The van der Waals surface area contributed by atoms with Crippen LogP contribution in [0.15, 0.2) is 30.3 Å². The van der Waals surface area contributed by atoms with Crippen molar-refractivity contribution >= 4 is 5.78 Å². The normalized spacial score (nSPS) is 14.4. The minimum absolute atomic E-state index is 0.0422. The highest BCUT2D eigenvalue weighted by molar-refractivity contribution is 5.84. The minimum Gasteiger partial charge on any atom is -0.372 e. The zero-order valence-electron chi connectivity index (χ0n) is 9.85. The Hall–Kier alpha value is -1.19. The van der Waals surface area contributed by atoms with Crippen LogP contribution in [0.25, 0.3) is 0 Å². The van der Waals surface area contributed by atoms with Gasteiger partial charge in [0.1, 0.15) is 0 Å². The van der Waals surface area contributed by atoms with Gasteiger partial charge >= 0.3 is 0 Å². The van der Waals surface area contributed by atoms with Crippen LogP contribution in [0.2, 0.25) is 0 Å². The van der Waals surface area contributed by atoms with E-state index in [-0.39, 0.29) is 11.9 Å². The summed E-state index contributed by atoms with van der Waals surface area (Å²) in [5.74, 6) is 0.0422. The lowest BCUT2D eigenvalue weighted by molar-refractivity contribution is -0.123. The molecule has 0 aliphatic rings. The molecule has 0 amide bonds. The van der Waals surface area contributed by atoms with Crippen molar-refractivity contribution in [1.82, 2.24) is 0 Å². The second-order valence-electron chi connectivity index (χ2n) is 3.85. The molecule has 88 valence electrons. The molecule has 0 saturated heterocycles. The summed E-state index contributed by atoms with van der Waals surface area (Å²) in [6, 6.07) is 9.33. The van der Waals surface area contributed by atoms with Crippen LogP contribution in [0.4, 0.5) is 0 Å². The predicted molar refractivity (Wildman–Crippen MR) is 64.0 cm³/mol. The molecule has 2 atom stereocenters. The fourth-order valence-electron chi connectivity index (χ4n) is 1.40. The first-order valence-electron chi connectivity index (χ1n) is 5.59. The van der Waals surface area contributed by atoms with Gasteiger partial charge in [0, 0.05) is 6.42 Å². The highest BCUT2D eigenvalue weighted by Crippen LogP contribution is 2.06. The Balaban J connectivity index is 2.41. The number of hydrogen-bond donors (Lipinski definition) is 1. The van der Waals surface area contributed by atoms with Gasteiger partial charge in [-0.2, -0.15) is 0 Å². The van der Waals surface area contributed by atoms with Crippen molar-refractivity contribution in [3.05, 3.63) is 35.9 Å². The Morgan fingerprint density at radius 1 is 1.38 bits per heavy atom. The summed E-state index contributed by atoms with van der Waals surface area (Å²) < 4.78 is 5.57. The van der Waals surface area contributed by atoms with E-state index in [1.165, 1.54) is 0 Å². The zero-order valence-corrected chi connectivity index (χ0v) is 9.85. The third-order valence-electron chi connectivity index (χ3n) is 2.58. The second kappa shape index (κ2) is 6.40. The monoisotopic (exact) mass is 221 g/mol. The number of Topliss-reactive ketones (excluding diaryl/α,β-unsaturated/α-hetero) is 1. The third-order valence-corrected chi connectivity index (χ3v) is 2.58. The van der Waals surface area contributed by atoms with E-state index in [2.05, 4.69) is 0 Å². The molecule has 0 saturated carbocycles. The summed E-state index contributed by atoms with van der Waals surface area (Å²) in [4.78, 5) is 11.4. The average Bonchev–Trinajstić information content (AvgIpc) is 2.35. The maximum absolute atomic E-state index is 11.4. The summed E-state index contributed by atoms with van der Waals surface area (Å²) in [5, 5.41) is 0. The quantitative estimate of drug-likeness (QED) is 0.798. The number of ether oxygens (including phenoxy) is 1. The van der Waals surface area contributed by atoms with Crippen LogP contribution in [0.5, 0.6) is 0 Å². The summed E-state index contributed by atoms with van der Waals surface area (Å²) in [7, 11) is 0. The molecule has 2 unspecified atom stereocenters. The first-order chi connectivity index (χ1) is 7.65. The molecule has 0 aliphatic carbocycles. The van der Waals surface area contributed by atoms with Gasteiger partial charge in [0.05, 0.1) is 18.8 Å². The lowest BCUT2D eigenvalue weighted by atomic mass is 10.1. The summed E-state index contributed by atoms with van der Waals surface area (Å²) in [5.41, 5.74) is 6.85. The first-order valence-corrected chi connectivity index (χ1v) is 5.59. The van der Waals surface area contributed by atoms with Crippen LogP contribution in [-0.2, 0) is 16.1 Å². The molecule has 2 N–H and O–H groups in total. The van der Waals surface area contributed by atoms with E-state index in [1.54, 1.807) is 0 Å². The largest absolute Gasteiger partial charge is 0.372 e. The Labute approximate surface area is 96.6 Å². The van der Waals surface area contributed by atoms with Gasteiger partial charge in [-0.25, -0.2) is 0 Å². The number of rotatable bonds is 6. The fraction of sp³-hybridized carbons (Fsp3) is 0.462. The highest BCUT2D eigenvalue weighted by atomic mass is 16.5. The second-order valence-corrected chi connectivity index (χ2v) is 3.85. The maximum Gasteiger partial charge on any atom is 0.151 e. The molecule has 0 aromatic heterocycles. The van der Waals surface area contributed by atoms with Crippen molar-refractivity contribution < 1.29 is 9.53 Å². The van der Waals surface area contributed by atoms with Gasteiger partial charge in [-0.3, -0.25) is 4.79 Å². The van der Waals surface area contributed by atoms with Crippen LogP contribution in [0, 0.1) is 0 Å². The average molecular weight is 221 g/mol. The van der Waals surface area contributed by atoms with Crippen LogP contribution >= 0.6 is 0 Å². The van der Waals surface area contributed by atoms with Gasteiger partial charge in [0.15, 0.2) is 5.78 Å². The lowest BCUT2D eigenvalue weighted by Gasteiger charge is -2.18. The molecule has 3 heteroatoms. The fourth-order valence-corrected chi connectivity index (χ4v) is 1.40. The molecule has 0 heterocycles. The van der Waals surface area contributed by atoms with Gasteiger partial charge in [0.2, 0.25) is 0 Å². The van der Waals surface area contributed by atoms with Crippen molar-refractivity contribution in [2.75, 3.05) is 0 Å². The molecule has 1 aromatic carbocycles. The topological polar surface area (TPSA) is 52.3 Å². The molecule has 0 spiro atoms. The Kier molecular flexibility index (Phi) is 5.15. The van der Waals surface area contributed by atoms with Crippen LogP contribution < -0.4 is 5.73 Å². The Bertz CT molecular complexity index is 324. The van der Waals surface area contributed by atoms with Gasteiger partial charge in [0.25, 0.3) is 0 Å². The summed E-state index contributed by atoms with van der Waals surface area (Å²) >= 11 is 0. The lowest BCUT2D eigenvalue weighted by Crippen LogP contribution is -2.41. The molecular formula is C13H19NO2. The van der Waals surface area contributed by atoms with E-state index in [9.17, 15) is 4.79 Å². The Morgan fingerprint density at radius 2 is 2.00 bits per heavy atom. The number of carbonyl (C=O) groups excluding carboxylic acids is 1. The molecule has 0 bridgehead atoms. The first kappa shape index (κ1) is 12.9. The van der Waals surface area contributed by atoms with E-state index >= 15 is 0 Å². The van der Waals surface area contributed by atoms with E-state index in [0.717, 1.165) is 5.56 Å². The smallest absolute Gasteiger partial charge is 0.151 e. The minimum atomic E-state index is -0.520. The van der Waals surface area contributed by atoms with Crippen molar-refractivity contribution in [3.63, 3.8) is 0 Å². The van der Waals surface area contributed by atoms with Gasteiger partial charge in [-0.1, -0.05) is 37.3 Å². The maximum atomic E-state index is 11.4. The molecule has 16 heavy (non-hydrogen) atoms. The Morgan fingerprint density at radius 3 is 2.56 bits per heavy atom. The van der Waals surface area contributed by atoms with Crippen LogP contribution in [-0.4, -0.2) is 17.9 Å². The molecule has 0 aliphatic heterocycles. The molecule has 1 rings (SSSR count). The predicted octanol–water partition coefficient (Wildman–Crippen LogP) is 1.90. The number of carbonyl (C=O) groups is 1. The number of hydrogen-bond acceptors (Lipinski definition) is 3. The highest BCUT2D eigenvalue weighted by Gasteiger charge is 2.19. The van der Waals surface area contributed by atoms with E-state index in [0.29, 0.717) is 13.0 Å². The zero-order chi connectivity index (χ0) is 12.0. The van der Waals surface area contributed by atoms with E-state index in [4.69, 9.17) is 10.5 Å². The number of ketones is 1. The van der Waals surface area contributed by atoms with Crippen LogP contribution in [0.1, 0.15) is 25.8 Å². The van der Waals surface area contributed by atoms with Crippen molar-refractivity contribution in [2.24, 2.45) is 5.73 Å². The van der Waals surface area contributed by atoms with Crippen LogP contribution in [0.3, 0.4) is 0 Å². The molecule has 1 aromatic rings. The SMILES string of the molecule is CCC(=O)C(N)C(C)OCc1ccccc1. The van der Waals surface area contributed by atoms with Crippen molar-refractivity contribution in [3.8, 4) is 0 Å². The van der Waals surface area contributed by atoms with Gasteiger partial charge in [-0.05, 0) is 12.5 Å². The van der Waals surface area contributed by atoms with E-state index < -0.39 is 6.04 Å². The molecular weight excluding hydrogens is 202 g/mol.